The van der Waals surface area contributed by atoms with Gasteiger partial charge >= 0.3 is 0 Å². The second-order valence-corrected chi connectivity index (χ2v) is 16.5. The first-order valence-electron chi connectivity index (χ1n) is 19.2. The number of benzene rings is 2. The number of nitrogens with one attached hydrogen (secondary N) is 1. The molecule has 284 valence electrons. The third-order valence-electron chi connectivity index (χ3n) is 11.4. The normalized spacial score (nSPS) is 18.3. The number of imide groups is 1. The fraction of sp³-hybridized carbons (Fsp3) is 0.442. The average molecular weight is 751 g/mol. The molecular formula is C43H52N5O5S+. The molecule has 11 heteroatoms. The Morgan fingerprint density at radius 1 is 1.00 bits per heavy atom. The van der Waals surface area contributed by atoms with Crippen LogP contribution in [0.5, 0.6) is 0 Å². The van der Waals surface area contributed by atoms with Crippen molar-refractivity contribution in [1.82, 2.24) is 10.2 Å². The summed E-state index contributed by atoms with van der Waals surface area (Å²) >= 11 is 1.75. The largest absolute Gasteiger partial charge is 0.368 e. The molecule has 1 N–H and O–H groups in total. The predicted octanol–water partition coefficient (Wildman–Crippen LogP) is 8.21. The van der Waals surface area contributed by atoms with E-state index in [4.69, 9.17) is 0 Å². The van der Waals surface area contributed by atoms with Gasteiger partial charge < -0.3 is 10.2 Å². The van der Waals surface area contributed by atoms with E-state index in [1.165, 1.54) is 39.6 Å². The molecule has 1 aromatic heterocycles. The van der Waals surface area contributed by atoms with Crippen LogP contribution >= 0.6 is 11.3 Å². The number of fused-ring (bicyclic) bond motifs is 2. The van der Waals surface area contributed by atoms with Crippen molar-refractivity contribution >= 4 is 51.8 Å². The number of hydrogen-bond acceptors (Lipinski definition) is 7. The van der Waals surface area contributed by atoms with Crippen LogP contribution in [-0.4, -0.2) is 70.1 Å². The summed E-state index contributed by atoms with van der Waals surface area (Å²) in [5, 5.41) is 16.5. The molecule has 4 heterocycles. The van der Waals surface area contributed by atoms with Gasteiger partial charge in [-0.2, -0.15) is 4.58 Å². The van der Waals surface area contributed by atoms with Gasteiger partial charge in [-0.15, -0.1) is 11.3 Å². The highest BCUT2D eigenvalue weighted by Gasteiger charge is 2.45. The molecule has 3 aliphatic heterocycles. The Kier molecular flexibility index (Phi) is 11.7. The zero-order valence-corrected chi connectivity index (χ0v) is 32.9. The molecule has 54 heavy (non-hydrogen) atoms. The monoisotopic (exact) mass is 750 g/mol. The van der Waals surface area contributed by atoms with Crippen LogP contribution in [0.3, 0.4) is 0 Å². The van der Waals surface area contributed by atoms with Crippen molar-refractivity contribution in [3.8, 4) is 10.4 Å². The summed E-state index contributed by atoms with van der Waals surface area (Å²) < 4.78 is 2.46. The van der Waals surface area contributed by atoms with Crippen LogP contribution in [0.4, 0.5) is 17.1 Å². The number of amides is 3. The van der Waals surface area contributed by atoms with Gasteiger partial charge in [0.1, 0.15) is 6.54 Å². The summed E-state index contributed by atoms with van der Waals surface area (Å²) in [4.78, 5) is 52.0. The van der Waals surface area contributed by atoms with Crippen molar-refractivity contribution in [2.24, 2.45) is 0 Å². The minimum atomic E-state index is -0.339. The van der Waals surface area contributed by atoms with Crippen LogP contribution in [0.1, 0.15) is 90.7 Å². The molecular weight excluding hydrogens is 699 g/mol. The number of hydrogen-bond donors (Lipinski definition) is 1. The van der Waals surface area contributed by atoms with E-state index in [1.54, 1.807) is 23.5 Å². The van der Waals surface area contributed by atoms with Gasteiger partial charge in [-0.25, -0.2) is 0 Å². The van der Waals surface area contributed by atoms with Crippen molar-refractivity contribution < 1.29 is 23.9 Å². The van der Waals surface area contributed by atoms with E-state index in [-0.39, 0.29) is 58.3 Å². The van der Waals surface area contributed by atoms with Gasteiger partial charge in [-0.1, -0.05) is 26.0 Å². The molecule has 3 amide bonds. The molecule has 2 aromatic carbocycles. The van der Waals surface area contributed by atoms with E-state index in [2.05, 4.69) is 97.3 Å². The molecule has 0 spiro atoms. The Morgan fingerprint density at radius 2 is 1.78 bits per heavy atom. The number of carbonyl (C=O) groups is 3. The Balaban J connectivity index is 1.09. The third kappa shape index (κ3) is 7.83. The van der Waals surface area contributed by atoms with Gasteiger partial charge in [0, 0.05) is 96.5 Å². The molecule has 0 bridgehead atoms. The molecule has 3 aliphatic rings. The molecule has 6 rings (SSSR count). The summed E-state index contributed by atoms with van der Waals surface area (Å²) in [5.74, 6) is -0.748. The number of likely N-dealkylation sites (N-methyl/N-ethyl adjacent to an activating group) is 1. The van der Waals surface area contributed by atoms with E-state index in [1.807, 2.05) is 6.07 Å². The lowest BCUT2D eigenvalue weighted by atomic mass is 9.78. The van der Waals surface area contributed by atoms with Crippen LogP contribution in [0.15, 0.2) is 78.2 Å². The van der Waals surface area contributed by atoms with Crippen molar-refractivity contribution in [3.05, 3.63) is 99.5 Å². The van der Waals surface area contributed by atoms with E-state index in [0.29, 0.717) is 6.42 Å². The van der Waals surface area contributed by atoms with E-state index in [9.17, 15) is 24.5 Å². The second-order valence-electron chi connectivity index (χ2n) is 15.5. The number of non-ortho nitro benzene ring substituents is 1. The van der Waals surface area contributed by atoms with Crippen molar-refractivity contribution in [3.63, 3.8) is 0 Å². The van der Waals surface area contributed by atoms with Crippen LogP contribution in [0.2, 0.25) is 0 Å². The fourth-order valence-electron chi connectivity index (χ4n) is 8.46. The Bertz CT molecular complexity index is 1990. The maximum Gasteiger partial charge on any atom is 0.269 e. The summed E-state index contributed by atoms with van der Waals surface area (Å²) in [7, 11) is 0. The zero-order valence-electron chi connectivity index (χ0n) is 32.1. The SMILES string of the molecule is CCN1c2ccc([N+](=O)[O-])cc2C(C)(C)C1CCC/C=C/C1=[N+](CCCCCC(=O)NCCN2C(=O)C=CC2=O)c2ccc(-c3cccs3)cc2C1(C)C. The summed E-state index contributed by atoms with van der Waals surface area (Å²) in [6, 6.07) is 16.7. The molecule has 0 radical (unpaired) electrons. The highest BCUT2D eigenvalue weighted by molar-refractivity contribution is 7.13. The van der Waals surface area contributed by atoms with Gasteiger partial charge in [-0.3, -0.25) is 29.4 Å². The average Bonchev–Trinajstić information content (AvgIpc) is 3.89. The molecule has 1 atom stereocenters. The smallest absolute Gasteiger partial charge is 0.269 e. The van der Waals surface area contributed by atoms with Crippen LogP contribution in [0.25, 0.3) is 10.4 Å². The molecule has 0 fully saturated rings. The van der Waals surface area contributed by atoms with Gasteiger partial charge in [0.05, 0.1) is 10.3 Å². The minimum Gasteiger partial charge on any atom is -0.368 e. The summed E-state index contributed by atoms with van der Waals surface area (Å²) in [5.41, 5.74) is 6.97. The molecule has 3 aromatic rings. The lowest BCUT2D eigenvalue weighted by molar-refractivity contribution is -0.438. The summed E-state index contributed by atoms with van der Waals surface area (Å²) in [6.45, 7) is 13.3. The van der Waals surface area contributed by atoms with Crippen molar-refractivity contribution in [1.29, 1.82) is 0 Å². The standard InChI is InChI=1S/C43H51N5O5S/c1-6-45-34-21-19-31(48(52)53)29-33(34)43(4,5)37(45)15-9-7-10-16-38-42(2,3)32-28-30(36-14-13-27-54-36)18-20-35(32)46(38)25-12-8-11-17-39(49)44-24-26-47-40(50)22-23-41(47)51/h10,13-14,16,18-23,27-29,37H,6-9,11-12,15,17,24-26H2,1-5H3/p+1/b16-10+. The number of nitro groups is 1. The molecule has 0 aliphatic carbocycles. The topological polar surface area (TPSA) is 116 Å². The molecule has 0 saturated heterocycles. The Labute approximate surface area is 322 Å². The number of rotatable bonds is 17. The fourth-order valence-corrected chi connectivity index (χ4v) is 9.19. The number of allylic oxidation sites excluding steroid dienone is 2. The number of nitro benzene ring substituents is 1. The predicted molar refractivity (Wildman–Crippen MR) is 216 cm³/mol. The van der Waals surface area contributed by atoms with Crippen LogP contribution in [0, 0.1) is 10.1 Å². The highest BCUT2D eigenvalue weighted by atomic mass is 32.1. The van der Waals surface area contributed by atoms with Crippen LogP contribution < -0.4 is 10.2 Å². The lowest BCUT2D eigenvalue weighted by Crippen LogP contribution is -2.41. The van der Waals surface area contributed by atoms with E-state index < -0.39 is 0 Å². The van der Waals surface area contributed by atoms with Gasteiger partial charge in [0.15, 0.2) is 5.71 Å². The second kappa shape index (κ2) is 16.2. The van der Waals surface area contributed by atoms with E-state index in [0.717, 1.165) is 67.8 Å². The third-order valence-corrected chi connectivity index (χ3v) is 12.3. The van der Waals surface area contributed by atoms with Crippen LogP contribution in [-0.2, 0) is 25.2 Å². The first kappa shape index (κ1) is 38.8. The Morgan fingerprint density at radius 3 is 2.48 bits per heavy atom. The quantitative estimate of drug-likeness (QED) is 0.0489. The number of thiophene rings is 1. The molecule has 0 saturated carbocycles. The number of nitrogens with zero attached hydrogens (tertiary/aromatic N) is 4. The van der Waals surface area contributed by atoms with Gasteiger partial charge in [0.25, 0.3) is 17.5 Å². The minimum absolute atomic E-state index is 0.0701. The van der Waals surface area contributed by atoms with Gasteiger partial charge in [-0.05, 0) is 93.6 Å². The van der Waals surface area contributed by atoms with Crippen molar-refractivity contribution in [2.75, 3.05) is 31.1 Å². The Hall–Kier alpha value is -4.90. The van der Waals surface area contributed by atoms with Gasteiger partial charge in [0.2, 0.25) is 11.6 Å². The zero-order chi connectivity index (χ0) is 38.6. The first-order chi connectivity index (χ1) is 25.8. The maximum atomic E-state index is 12.5. The number of unbranched alkanes of at least 4 members (excludes halogenated alkanes) is 3. The maximum absolute atomic E-state index is 12.5. The lowest BCUT2D eigenvalue weighted by Gasteiger charge is -2.34. The first-order valence-corrected chi connectivity index (χ1v) is 20.1. The van der Waals surface area contributed by atoms with Crippen molar-refractivity contribution in [2.45, 2.75) is 96.4 Å². The van der Waals surface area contributed by atoms with E-state index >= 15 is 0 Å². The highest BCUT2D eigenvalue weighted by Crippen LogP contribution is 2.48. The number of anilines is 1. The molecule has 10 nitrogen and oxygen atoms in total. The number of carbonyl (C=O) groups excluding carboxylic acids is 3. The molecule has 1 unspecified atom stereocenters. The summed E-state index contributed by atoms with van der Waals surface area (Å²) in [6.07, 6.45) is 13.0.